The Bertz CT molecular complexity index is 623. The Morgan fingerprint density at radius 1 is 1.27 bits per heavy atom. The monoisotopic (exact) mass is 305 g/mol. The third-order valence-electron chi connectivity index (χ3n) is 4.05. The minimum Gasteiger partial charge on any atom is -0.444 e. The summed E-state index contributed by atoms with van der Waals surface area (Å²) in [7, 11) is 0. The largest absolute Gasteiger partial charge is 0.444 e. The molecule has 3 rings (SSSR count). The van der Waals surface area contributed by atoms with Crippen LogP contribution < -0.4 is 5.73 Å². The van der Waals surface area contributed by atoms with Crippen molar-refractivity contribution < 1.29 is 14.3 Å². The van der Waals surface area contributed by atoms with Gasteiger partial charge < -0.3 is 19.9 Å². The van der Waals surface area contributed by atoms with E-state index >= 15 is 0 Å². The molecule has 0 unspecified atom stereocenters. The first-order valence-electron chi connectivity index (χ1n) is 7.76. The van der Waals surface area contributed by atoms with Gasteiger partial charge in [0.1, 0.15) is 5.60 Å². The van der Waals surface area contributed by atoms with Crippen LogP contribution in [0.4, 0.5) is 4.79 Å². The number of aromatic nitrogens is 1. The number of carbonyl (C=O) groups is 2. The molecule has 1 aromatic heterocycles. The predicted octanol–water partition coefficient (Wildman–Crippen LogP) is 2.22. The Hall–Kier alpha value is -1.98. The first-order valence-corrected chi connectivity index (χ1v) is 7.76. The standard InChI is InChI=1S/C16H23N3O3/c1-16(2,3)22-15(21)18-6-7-19-11(9-18)8-12(14(17)20)13(19)10-4-5-10/h8,10H,4-7,9H2,1-3H3,(H2,17,20). The molecule has 1 aliphatic heterocycles. The normalized spacial score (nSPS) is 18.0. The van der Waals surface area contributed by atoms with Crippen molar-refractivity contribution in [2.75, 3.05) is 6.54 Å². The van der Waals surface area contributed by atoms with E-state index in [1.165, 1.54) is 0 Å². The highest BCUT2D eigenvalue weighted by Gasteiger charge is 2.35. The van der Waals surface area contributed by atoms with Gasteiger partial charge in [0.15, 0.2) is 0 Å². The van der Waals surface area contributed by atoms with E-state index in [0.29, 0.717) is 31.1 Å². The molecule has 1 aromatic rings. The number of fused-ring (bicyclic) bond motifs is 1. The number of carbonyl (C=O) groups excluding carboxylic acids is 2. The van der Waals surface area contributed by atoms with Crippen LogP contribution in [0.2, 0.25) is 0 Å². The topological polar surface area (TPSA) is 77.6 Å². The van der Waals surface area contributed by atoms with Crippen molar-refractivity contribution in [1.82, 2.24) is 9.47 Å². The summed E-state index contributed by atoms with van der Waals surface area (Å²) in [5.74, 6) is 0.0666. The number of nitrogens with two attached hydrogens (primary N) is 1. The zero-order valence-corrected chi connectivity index (χ0v) is 13.4. The van der Waals surface area contributed by atoms with Crippen LogP contribution in [0.5, 0.6) is 0 Å². The predicted molar refractivity (Wildman–Crippen MR) is 81.6 cm³/mol. The number of rotatable bonds is 2. The summed E-state index contributed by atoms with van der Waals surface area (Å²) < 4.78 is 7.59. The molecule has 0 spiro atoms. The van der Waals surface area contributed by atoms with Crippen LogP contribution in [-0.2, 0) is 17.8 Å². The third-order valence-corrected chi connectivity index (χ3v) is 4.05. The molecule has 0 radical (unpaired) electrons. The van der Waals surface area contributed by atoms with E-state index in [2.05, 4.69) is 4.57 Å². The smallest absolute Gasteiger partial charge is 0.410 e. The van der Waals surface area contributed by atoms with E-state index in [0.717, 1.165) is 24.2 Å². The van der Waals surface area contributed by atoms with Crippen LogP contribution in [0.3, 0.4) is 0 Å². The Morgan fingerprint density at radius 3 is 2.50 bits per heavy atom. The number of amides is 2. The summed E-state index contributed by atoms with van der Waals surface area (Å²) >= 11 is 0. The average Bonchev–Trinajstić information content (AvgIpc) is 3.15. The van der Waals surface area contributed by atoms with Crippen molar-refractivity contribution in [3.05, 3.63) is 23.0 Å². The molecule has 6 heteroatoms. The van der Waals surface area contributed by atoms with Gasteiger partial charge in [-0.05, 0) is 39.7 Å². The molecule has 2 aliphatic rings. The van der Waals surface area contributed by atoms with Crippen molar-refractivity contribution in [1.29, 1.82) is 0 Å². The van der Waals surface area contributed by atoms with Gasteiger partial charge >= 0.3 is 6.09 Å². The van der Waals surface area contributed by atoms with Crippen molar-refractivity contribution in [3.8, 4) is 0 Å². The first-order chi connectivity index (χ1) is 10.3. The lowest BCUT2D eigenvalue weighted by molar-refractivity contribution is 0.0198. The molecule has 2 heterocycles. The van der Waals surface area contributed by atoms with Gasteiger partial charge in [0, 0.05) is 30.4 Å². The number of ether oxygens (including phenoxy) is 1. The van der Waals surface area contributed by atoms with Crippen LogP contribution >= 0.6 is 0 Å². The highest BCUT2D eigenvalue weighted by atomic mass is 16.6. The van der Waals surface area contributed by atoms with E-state index in [9.17, 15) is 9.59 Å². The summed E-state index contributed by atoms with van der Waals surface area (Å²) in [5, 5.41) is 0. The second-order valence-electron chi connectivity index (χ2n) is 7.13. The van der Waals surface area contributed by atoms with E-state index < -0.39 is 5.60 Å². The molecule has 2 amide bonds. The van der Waals surface area contributed by atoms with Crippen molar-refractivity contribution in [2.24, 2.45) is 5.73 Å². The third kappa shape index (κ3) is 2.82. The molecule has 0 saturated heterocycles. The maximum atomic E-state index is 12.2. The number of nitrogens with zero attached hydrogens (tertiary/aromatic N) is 2. The molecule has 1 aliphatic carbocycles. The van der Waals surface area contributed by atoms with Gasteiger partial charge in [0.25, 0.3) is 5.91 Å². The van der Waals surface area contributed by atoms with Gasteiger partial charge in [0.2, 0.25) is 0 Å². The Balaban J connectivity index is 1.83. The Labute approximate surface area is 130 Å². The summed E-state index contributed by atoms with van der Waals surface area (Å²) in [5.41, 5.74) is 7.65. The van der Waals surface area contributed by atoms with Crippen molar-refractivity contribution in [3.63, 3.8) is 0 Å². The first kappa shape index (κ1) is 14.9. The second kappa shape index (κ2) is 5.04. The second-order valence-corrected chi connectivity index (χ2v) is 7.13. The minimum absolute atomic E-state index is 0.312. The maximum absolute atomic E-state index is 12.2. The minimum atomic E-state index is -0.506. The lowest BCUT2D eigenvalue weighted by Crippen LogP contribution is -2.41. The quantitative estimate of drug-likeness (QED) is 0.910. The van der Waals surface area contributed by atoms with Crippen LogP contribution in [0, 0.1) is 0 Å². The van der Waals surface area contributed by atoms with Crippen LogP contribution in [-0.4, -0.2) is 33.6 Å². The average molecular weight is 305 g/mol. The lowest BCUT2D eigenvalue weighted by Gasteiger charge is -2.31. The summed E-state index contributed by atoms with van der Waals surface area (Å²) in [6, 6.07) is 1.84. The SMILES string of the molecule is CC(C)(C)OC(=O)N1CCn2c(cc(C(N)=O)c2C2CC2)C1. The highest BCUT2D eigenvalue weighted by Crippen LogP contribution is 2.43. The fraction of sp³-hybridized carbons (Fsp3) is 0.625. The van der Waals surface area contributed by atoms with Crippen molar-refractivity contribution in [2.45, 2.75) is 58.2 Å². The molecule has 2 N–H and O–H groups in total. The van der Waals surface area contributed by atoms with Gasteiger partial charge in [-0.15, -0.1) is 0 Å². The van der Waals surface area contributed by atoms with Gasteiger partial charge in [-0.1, -0.05) is 0 Å². The molecule has 0 atom stereocenters. The number of hydrogen-bond acceptors (Lipinski definition) is 3. The Morgan fingerprint density at radius 2 is 1.95 bits per heavy atom. The van der Waals surface area contributed by atoms with Crippen LogP contribution in [0.15, 0.2) is 6.07 Å². The summed E-state index contributed by atoms with van der Waals surface area (Å²) in [6.45, 7) is 7.31. The van der Waals surface area contributed by atoms with Gasteiger partial charge in [-0.2, -0.15) is 0 Å². The zero-order chi connectivity index (χ0) is 16.1. The molecule has 0 aromatic carbocycles. The van der Waals surface area contributed by atoms with Crippen molar-refractivity contribution >= 4 is 12.0 Å². The van der Waals surface area contributed by atoms with E-state index in [-0.39, 0.29) is 12.0 Å². The molecular formula is C16H23N3O3. The van der Waals surface area contributed by atoms with Gasteiger partial charge in [-0.3, -0.25) is 4.79 Å². The molecule has 1 fully saturated rings. The van der Waals surface area contributed by atoms with E-state index in [4.69, 9.17) is 10.5 Å². The maximum Gasteiger partial charge on any atom is 0.410 e. The lowest BCUT2D eigenvalue weighted by atomic mass is 10.1. The van der Waals surface area contributed by atoms with E-state index in [1.807, 2.05) is 26.8 Å². The van der Waals surface area contributed by atoms with Crippen LogP contribution in [0.25, 0.3) is 0 Å². The van der Waals surface area contributed by atoms with Gasteiger partial charge in [-0.25, -0.2) is 4.79 Å². The zero-order valence-electron chi connectivity index (χ0n) is 13.4. The highest BCUT2D eigenvalue weighted by molar-refractivity contribution is 5.94. The molecule has 0 bridgehead atoms. The summed E-state index contributed by atoms with van der Waals surface area (Å²) in [6.07, 6.45) is 1.91. The fourth-order valence-corrected chi connectivity index (χ4v) is 2.99. The molecule has 120 valence electrons. The van der Waals surface area contributed by atoms with Crippen LogP contribution in [0.1, 0.15) is 61.3 Å². The van der Waals surface area contributed by atoms with E-state index in [1.54, 1.807) is 4.90 Å². The number of primary amides is 1. The molecule has 22 heavy (non-hydrogen) atoms. The summed E-state index contributed by atoms with van der Waals surface area (Å²) in [4.78, 5) is 25.6. The van der Waals surface area contributed by atoms with Gasteiger partial charge in [0.05, 0.1) is 12.1 Å². The fourth-order valence-electron chi connectivity index (χ4n) is 2.99. The molecule has 6 nitrogen and oxygen atoms in total. The molecular weight excluding hydrogens is 282 g/mol. The molecule has 1 saturated carbocycles. The number of hydrogen-bond donors (Lipinski definition) is 1. The Kier molecular flexibility index (Phi) is 3.42.